The summed E-state index contributed by atoms with van der Waals surface area (Å²) in [6.07, 6.45) is -0.204. The van der Waals surface area contributed by atoms with Crippen molar-refractivity contribution in [2.24, 2.45) is 5.92 Å². The van der Waals surface area contributed by atoms with Gasteiger partial charge < -0.3 is 14.9 Å². The van der Waals surface area contributed by atoms with Gasteiger partial charge in [0.1, 0.15) is 5.75 Å². The monoisotopic (exact) mass is 274 g/mol. The van der Waals surface area contributed by atoms with Crippen molar-refractivity contribution in [3.8, 4) is 5.75 Å². The molecule has 0 saturated carbocycles. The maximum Gasteiger partial charge on any atom is 0.387 e. The van der Waals surface area contributed by atoms with Crippen molar-refractivity contribution in [2.45, 2.75) is 32.5 Å². The van der Waals surface area contributed by atoms with Gasteiger partial charge in [-0.2, -0.15) is 8.78 Å². The van der Waals surface area contributed by atoms with Crippen LogP contribution in [0.2, 0.25) is 0 Å². The lowest BCUT2D eigenvalue weighted by Gasteiger charge is -2.19. The summed E-state index contributed by atoms with van der Waals surface area (Å²) < 4.78 is 28.1. The number of hydrogen-bond acceptors (Lipinski definition) is 3. The highest BCUT2D eigenvalue weighted by molar-refractivity contribution is 5.71. The lowest BCUT2D eigenvalue weighted by molar-refractivity contribution is -0.146. The van der Waals surface area contributed by atoms with E-state index >= 15 is 0 Å². The molecule has 0 amide bonds. The second-order valence-electron chi connectivity index (χ2n) is 4.13. The lowest BCUT2D eigenvalue weighted by Crippen LogP contribution is -2.21. The molecule has 2 N–H and O–H groups in total. The Morgan fingerprint density at radius 2 is 1.89 bits per heavy atom. The number of halogens is 2. The molecule has 0 bridgehead atoms. The van der Waals surface area contributed by atoms with E-state index in [1.165, 1.54) is 24.3 Å². The van der Waals surface area contributed by atoms with Gasteiger partial charge in [-0.25, -0.2) is 0 Å². The van der Waals surface area contributed by atoms with E-state index in [1.807, 2.05) is 6.92 Å². The molecule has 0 heterocycles. The molecule has 0 radical (unpaired) electrons. The number of aliphatic hydroxyl groups excluding tert-OH is 1. The summed E-state index contributed by atoms with van der Waals surface area (Å²) in [5.74, 6) is -2.03. The van der Waals surface area contributed by atoms with Crippen molar-refractivity contribution < 1.29 is 28.5 Å². The highest BCUT2D eigenvalue weighted by atomic mass is 19.3. The summed E-state index contributed by atoms with van der Waals surface area (Å²) in [5.41, 5.74) is 0.363. The maximum absolute atomic E-state index is 12.0. The molecular formula is C13H16F2O4. The van der Waals surface area contributed by atoms with Crippen LogP contribution in [-0.4, -0.2) is 22.8 Å². The van der Waals surface area contributed by atoms with Gasteiger partial charge >= 0.3 is 12.6 Å². The third-order valence-corrected chi connectivity index (χ3v) is 2.74. The summed E-state index contributed by atoms with van der Waals surface area (Å²) in [6.45, 7) is -1.09. The molecule has 0 fully saturated rings. The Hall–Kier alpha value is -1.69. The summed E-state index contributed by atoms with van der Waals surface area (Å²) >= 11 is 0. The van der Waals surface area contributed by atoms with E-state index in [2.05, 4.69) is 4.74 Å². The van der Waals surface area contributed by atoms with Gasteiger partial charge in [-0.15, -0.1) is 0 Å². The molecule has 106 valence electrons. The second-order valence-corrected chi connectivity index (χ2v) is 4.13. The van der Waals surface area contributed by atoms with Gasteiger partial charge in [0.05, 0.1) is 12.0 Å². The van der Waals surface area contributed by atoms with Crippen molar-refractivity contribution in [3.63, 3.8) is 0 Å². The summed E-state index contributed by atoms with van der Waals surface area (Å²) in [7, 11) is 0. The van der Waals surface area contributed by atoms with Crippen LogP contribution in [0.1, 0.15) is 31.4 Å². The first-order chi connectivity index (χ1) is 8.95. The van der Waals surface area contributed by atoms with Gasteiger partial charge in [0, 0.05) is 0 Å². The van der Waals surface area contributed by atoms with Crippen molar-refractivity contribution in [3.05, 3.63) is 29.8 Å². The predicted octanol–water partition coefficient (Wildman–Crippen LogP) is 2.82. The lowest BCUT2D eigenvalue weighted by atomic mass is 9.92. The van der Waals surface area contributed by atoms with Crippen molar-refractivity contribution >= 4 is 5.97 Å². The standard InChI is InChI=1S/C13H16F2O4/c1-2-3-10(12(17)18)11(16)8-4-6-9(7-5-8)19-13(14)15/h4-7,10-11,13,16H,2-3H2,1H3,(H,17,18). The van der Waals surface area contributed by atoms with Crippen LogP contribution < -0.4 is 4.74 Å². The predicted molar refractivity (Wildman–Crippen MR) is 64.1 cm³/mol. The fourth-order valence-corrected chi connectivity index (χ4v) is 1.81. The van der Waals surface area contributed by atoms with Gasteiger partial charge in [0.2, 0.25) is 0 Å². The third kappa shape index (κ3) is 4.48. The normalized spacial score (nSPS) is 14.2. The minimum absolute atomic E-state index is 0.0340. The summed E-state index contributed by atoms with van der Waals surface area (Å²) in [4.78, 5) is 11.0. The molecule has 1 aromatic rings. The Labute approximate surface area is 109 Å². The quantitative estimate of drug-likeness (QED) is 0.802. The number of benzene rings is 1. The van der Waals surface area contributed by atoms with E-state index in [0.29, 0.717) is 18.4 Å². The van der Waals surface area contributed by atoms with E-state index in [9.17, 15) is 18.7 Å². The minimum Gasteiger partial charge on any atom is -0.481 e. The van der Waals surface area contributed by atoms with Crippen LogP contribution in [-0.2, 0) is 4.79 Å². The molecule has 4 nitrogen and oxygen atoms in total. The van der Waals surface area contributed by atoms with E-state index in [0.717, 1.165) is 0 Å². The molecule has 0 saturated heterocycles. The van der Waals surface area contributed by atoms with Gasteiger partial charge in [-0.05, 0) is 24.1 Å². The first-order valence-corrected chi connectivity index (χ1v) is 5.91. The van der Waals surface area contributed by atoms with Crippen LogP contribution in [0.25, 0.3) is 0 Å². The zero-order valence-electron chi connectivity index (χ0n) is 10.4. The van der Waals surface area contributed by atoms with Gasteiger partial charge in [-0.1, -0.05) is 25.5 Å². The molecule has 0 aromatic heterocycles. The minimum atomic E-state index is -2.91. The molecule has 19 heavy (non-hydrogen) atoms. The van der Waals surface area contributed by atoms with E-state index in [1.54, 1.807) is 0 Å². The average molecular weight is 274 g/mol. The molecular weight excluding hydrogens is 258 g/mol. The summed E-state index contributed by atoms with van der Waals surface area (Å²) in [5, 5.41) is 19.0. The van der Waals surface area contributed by atoms with Gasteiger partial charge in [0.15, 0.2) is 0 Å². The van der Waals surface area contributed by atoms with E-state index in [-0.39, 0.29) is 5.75 Å². The number of carbonyl (C=O) groups is 1. The van der Waals surface area contributed by atoms with Crippen LogP contribution in [0, 0.1) is 5.92 Å². The van der Waals surface area contributed by atoms with Crippen LogP contribution >= 0.6 is 0 Å². The fourth-order valence-electron chi connectivity index (χ4n) is 1.81. The Morgan fingerprint density at radius 1 is 1.32 bits per heavy atom. The largest absolute Gasteiger partial charge is 0.481 e. The molecule has 0 spiro atoms. The molecule has 2 atom stereocenters. The number of aliphatic hydroxyl groups is 1. The Bertz CT molecular complexity index is 406. The Balaban J connectivity index is 2.81. The molecule has 0 aliphatic rings. The number of carboxylic acids is 1. The Morgan fingerprint density at radius 3 is 2.32 bits per heavy atom. The molecule has 0 aliphatic heterocycles. The smallest absolute Gasteiger partial charge is 0.387 e. The van der Waals surface area contributed by atoms with Crippen molar-refractivity contribution in [2.75, 3.05) is 0 Å². The van der Waals surface area contributed by atoms with Crippen molar-refractivity contribution in [1.82, 2.24) is 0 Å². The number of carboxylic acid groups (broad SMARTS) is 1. The maximum atomic E-state index is 12.0. The molecule has 6 heteroatoms. The first kappa shape index (κ1) is 15.4. The number of hydrogen-bond donors (Lipinski definition) is 2. The van der Waals surface area contributed by atoms with Crippen molar-refractivity contribution in [1.29, 1.82) is 0 Å². The van der Waals surface area contributed by atoms with Crippen LogP contribution in [0.4, 0.5) is 8.78 Å². The van der Waals surface area contributed by atoms with E-state index in [4.69, 9.17) is 5.11 Å². The number of rotatable bonds is 7. The Kier molecular flexibility index (Phi) is 5.69. The molecule has 1 rings (SSSR count). The van der Waals surface area contributed by atoms with Crippen LogP contribution in [0.5, 0.6) is 5.75 Å². The van der Waals surface area contributed by atoms with Crippen LogP contribution in [0.15, 0.2) is 24.3 Å². The number of alkyl halides is 2. The van der Waals surface area contributed by atoms with Gasteiger partial charge in [-0.3, -0.25) is 4.79 Å². The fraction of sp³-hybridized carbons (Fsp3) is 0.462. The second kappa shape index (κ2) is 7.04. The third-order valence-electron chi connectivity index (χ3n) is 2.74. The highest BCUT2D eigenvalue weighted by Gasteiger charge is 2.26. The molecule has 2 unspecified atom stereocenters. The van der Waals surface area contributed by atoms with E-state index < -0.39 is 24.6 Å². The van der Waals surface area contributed by atoms with Crippen LogP contribution in [0.3, 0.4) is 0 Å². The number of ether oxygens (including phenoxy) is 1. The topological polar surface area (TPSA) is 66.8 Å². The summed E-state index contributed by atoms with van der Waals surface area (Å²) in [6, 6.07) is 5.31. The number of aliphatic carboxylic acids is 1. The highest BCUT2D eigenvalue weighted by Crippen LogP contribution is 2.27. The average Bonchev–Trinajstić information content (AvgIpc) is 2.35. The zero-order valence-corrected chi connectivity index (χ0v) is 10.4. The SMILES string of the molecule is CCCC(C(=O)O)C(O)c1ccc(OC(F)F)cc1. The molecule has 1 aromatic carbocycles. The zero-order chi connectivity index (χ0) is 14.4. The van der Waals surface area contributed by atoms with Gasteiger partial charge in [0.25, 0.3) is 0 Å². The molecule has 0 aliphatic carbocycles. The first-order valence-electron chi connectivity index (χ1n) is 5.91.